The van der Waals surface area contributed by atoms with E-state index < -0.39 is 12.0 Å². The first kappa shape index (κ1) is 13.7. The molecule has 1 rings (SSSR count). The summed E-state index contributed by atoms with van der Waals surface area (Å²) in [5.74, 6) is 1.73. The molecular formula is C13H13N2O3. The fourth-order valence-corrected chi connectivity index (χ4v) is 1.20. The lowest BCUT2D eigenvalue weighted by atomic mass is 10.1. The molecule has 0 saturated carbocycles. The summed E-state index contributed by atoms with van der Waals surface area (Å²) in [5.41, 5.74) is 0.907. The Kier molecular flexibility index (Phi) is 4.90. The van der Waals surface area contributed by atoms with Crippen LogP contribution in [-0.2, 0) is 4.74 Å². The van der Waals surface area contributed by atoms with Crippen LogP contribution in [0.15, 0.2) is 24.3 Å². The third-order valence-corrected chi connectivity index (χ3v) is 2.19. The van der Waals surface area contributed by atoms with Crippen LogP contribution < -0.4 is 5.32 Å². The van der Waals surface area contributed by atoms with Crippen molar-refractivity contribution >= 4 is 12.0 Å². The van der Waals surface area contributed by atoms with Crippen molar-refractivity contribution < 1.29 is 14.3 Å². The van der Waals surface area contributed by atoms with Crippen molar-refractivity contribution in [1.29, 1.82) is 0 Å². The highest BCUT2D eigenvalue weighted by atomic mass is 16.6. The second kappa shape index (κ2) is 6.42. The molecule has 0 atom stereocenters. The molecule has 0 aliphatic carbocycles. The van der Waals surface area contributed by atoms with E-state index >= 15 is 0 Å². The summed E-state index contributed by atoms with van der Waals surface area (Å²) in [7, 11) is 2.97. The van der Waals surface area contributed by atoms with Gasteiger partial charge in [-0.15, -0.1) is 0 Å². The number of benzene rings is 1. The highest BCUT2D eigenvalue weighted by Gasteiger charge is 2.19. The van der Waals surface area contributed by atoms with E-state index in [-0.39, 0.29) is 6.73 Å². The van der Waals surface area contributed by atoms with E-state index in [1.807, 2.05) is 0 Å². The highest BCUT2D eigenvalue weighted by molar-refractivity contribution is 6.02. The number of carbonyl (C=O) groups is 2. The van der Waals surface area contributed by atoms with Crippen molar-refractivity contribution in [2.24, 2.45) is 0 Å². The summed E-state index contributed by atoms with van der Waals surface area (Å²) < 4.78 is 4.75. The van der Waals surface area contributed by atoms with E-state index in [0.29, 0.717) is 11.1 Å². The van der Waals surface area contributed by atoms with Crippen LogP contribution in [0.2, 0.25) is 0 Å². The summed E-state index contributed by atoms with van der Waals surface area (Å²) in [5, 5.41) is 2.64. The minimum Gasteiger partial charge on any atom is -0.433 e. The van der Waals surface area contributed by atoms with Crippen LogP contribution in [0.4, 0.5) is 4.79 Å². The highest BCUT2D eigenvalue weighted by Crippen LogP contribution is 2.07. The number of hydrogen-bond donors (Lipinski definition) is 1. The van der Waals surface area contributed by atoms with Crippen LogP contribution in [0.3, 0.4) is 0 Å². The third-order valence-electron chi connectivity index (χ3n) is 2.19. The second-order valence-corrected chi connectivity index (χ2v) is 3.47. The smallest absolute Gasteiger partial charge is 0.417 e. The molecule has 0 spiro atoms. The van der Waals surface area contributed by atoms with Gasteiger partial charge in [0, 0.05) is 18.2 Å². The van der Waals surface area contributed by atoms with Gasteiger partial charge in [0.25, 0.3) is 5.91 Å². The molecule has 0 aromatic heterocycles. The van der Waals surface area contributed by atoms with Crippen LogP contribution in [0.25, 0.3) is 0 Å². The Labute approximate surface area is 106 Å². The standard InChI is InChI=1S/C13H13N2O3/c1-4-10-5-7-11(8-6-10)12(16)15(3)13(17)18-9-14-2/h5-8,14H,9H2,2-3H3. The lowest BCUT2D eigenvalue weighted by Crippen LogP contribution is -2.35. The molecule has 18 heavy (non-hydrogen) atoms. The number of nitrogens with one attached hydrogen (secondary N) is 1. The van der Waals surface area contributed by atoms with Crippen LogP contribution in [0.5, 0.6) is 0 Å². The Morgan fingerprint density at radius 1 is 1.39 bits per heavy atom. The maximum atomic E-state index is 11.9. The number of nitrogens with zero attached hydrogens (tertiary/aromatic N) is 1. The van der Waals surface area contributed by atoms with Crippen molar-refractivity contribution in [1.82, 2.24) is 10.2 Å². The Bertz CT molecular complexity index is 474. The van der Waals surface area contributed by atoms with E-state index in [1.165, 1.54) is 19.2 Å². The monoisotopic (exact) mass is 245 g/mol. The Balaban J connectivity index is 2.74. The maximum absolute atomic E-state index is 11.9. The Morgan fingerprint density at radius 3 is 2.50 bits per heavy atom. The van der Waals surface area contributed by atoms with Crippen molar-refractivity contribution in [2.75, 3.05) is 20.8 Å². The molecule has 0 bridgehead atoms. The normalized spacial score (nSPS) is 9.39. The molecule has 93 valence electrons. The van der Waals surface area contributed by atoms with Gasteiger partial charge in [-0.3, -0.25) is 10.1 Å². The number of amides is 2. The molecule has 0 saturated heterocycles. The quantitative estimate of drug-likeness (QED) is 0.638. The zero-order chi connectivity index (χ0) is 13.5. The largest absolute Gasteiger partial charge is 0.433 e. The summed E-state index contributed by atoms with van der Waals surface area (Å²) in [6.07, 6.45) is 6.20. The number of rotatable bonds is 3. The minimum absolute atomic E-state index is 0.0398. The van der Waals surface area contributed by atoms with Crippen LogP contribution in [-0.4, -0.2) is 37.7 Å². The number of imide groups is 1. The predicted molar refractivity (Wildman–Crippen MR) is 65.2 cm³/mol. The van der Waals surface area contributed by atoms with E-state index in [0.717, 1.165) is 4.90 Å². The molecule has 0 heterocycles. The van der Waals surface area contributed by atoms with Gasteiger partial charge in [-0.25, -0.2) is 9.69 Å². The molecule has 5 nitrogen and oxygen atoms in total. The van der Waals surface area contributed by atoms with Gasteiger partial charge in [-0.2, -0.15) is 0 Å². The zero-order valence-electron chi connectivity index (χ0n) is 10.2. The van der Waals surface area contributed by atoms with Gasteiger partial charge in [0.2, 0.25) is 0 Å². The molecular weight excluding hydrogens is 232 g/mol. The first-order chi connectivity index (χ1) is 8.60. The maximum Gasteiger partial charge on any atom is 0.417 e. The van der Waals surface area contributed by atoms with Gasteiger partial charge in [0.1, 0.15) is 6.73 Å². The second-order valence-electron chi connectivity index (χ2n) is 3.47. The van der Waals surface area contributed by atoms with Crippen LogP contribution >= 0.6 is 0 Å². The van der Waals surface area contributed by atoms with E-state index in [9.17, 15) is 9.59 Å². The average molecular weight is 245 g/mol. The topological polar surface area (TPSA) is 58.6 Å². The summed E-state index contributed by atoms with van der Waals surface area (Å²) >= 11 is 0. The first-order valence-electron chi connectivity index (χ1n) is 5.22. The van der Waals surface area contributed by atoms with Gasteiger partial charge in [-0.05, 0) is 37.7 Å². The van der Waals surface area contributed by atoms with Crippen LogP contribution in [0.1, 0.15) is 15.9 Å². The molecule has 0 aliphatic rings. The predicted octanol–water partition coefficient (Wildman–Crippen LogP) is 1.01. The Morgan fingerprint density at radius 2 is 2.00 bits per heavy atom. The molecule has 1 radical (unpaired) electrons. The van der Waals surface area contributed by atoms with Crippen molar-refractivity contribution in [3.63, 3.8) is 0 Å². The van der Waals surface area contributed by atoms with Gasteiger partial charge in [-0.1, -0.05) is 5.92 Å². The number of carbonyl (C=O) groups excluding carboxylic acids is 2. The zero-order valence-corrected chi connectivity index (χ0v) is 10.2. The number of ether oxygens (including phenoxy) is 1. The van der Waals surface area contributed by atoms with Gasteiger partial charge in [0.15, 0.2) is 0 Å². The van der Waals surface area contributed by atoms with Gasteiger partial charge >= 0.3 is 6.09 Å². The lowest BCUT2D eigenvalue weighted by molar-refractivity contribution is 0.0696. The van der Waals surface area contributed by atoms with Crippen molar-refractivity contribution in [3.05, 3.63) is 41.8 Å². The van der Waals surface area contributed by atoms with E-state index in [4.69, 9.17) is 11.2 Å². The SMILES string of the molecule is [C]#Cc1ccc(C(=O)N(C)C(=O)OCNC)cc1. The van der Waals surface area contributed by atoms with E-state index in [1.54, 1.807) is 19.2 Å². The van der Waals surface area contributed by atoms with Crippen molar-refractivity contribution in [3.8, 4) is 5.92 Å². The van der Waals surface area contributed by atoms with E-state index in [2.05, 4.69) is 11.2 Å². The fraction of sp³-hybridized carbons (Fsp3) is 0.231. The number of hydrogen-bond acceptors (Lipinski definition) is 4. The van der Waals surface area contributed by atoms with Gasteiger partial charge < -0.3 is 4.74 Å². The molecule has 1 N–H and O–H groups in total. The Hall–Kier alpha value is -2.32. The molecule has 0 fully saturated rings. The minimum atomic E-state index is -0.725. The average Bonchev–Trinajstić information content (AvgIpc) is 2.43. The molecule has 1 aromatic rings. The fourth-order valence-electron chi connectivity index (χ4n) is 1.20. The summed E-state index contributed by atoms with van der Waals surface area (Å²) in [4.78, 5) is 24.2. The molecule has 0 aliphatic heterocycles. The lowest BCUT2D eigenvalue weighted by Gasteiger charge is -2.15. The molecule has 1 aromatic carbocycles. The third kappa shape index (κ3) is 3.34. The van der Waals surface area contributed by atoms with Gasteiger partial charge in [0.05, 0.1) is 0 Å². The molecule has 5 heteroatoms. The summed E-state index contributed by atoms with van der Waals surface area (Å²) in [6, 6.07) is 6.21. The molecule has 0 unspecified atom stereocenters. The van der Waals surface area contributed by atoms with Crippen molar-refractivity contribution in [2.45, 2.75) is 0 Å². The first-order valence-corrected chi connectivity index (χ1v) is 5.22. The summed E-state index contributed by atoms with van der Waals surface area (Å²) in [6.45, 7) is 0.0398. The molecule has 2 amide bonds. The van der Waals surface area contributed by atoms with Crippen LogP contribution in [0, 0.1) is 12.3 Å².